The van der Waals surface area contributed by atoms with E-state index in [4.69, 9.17) is 4.74 Å². The highest BCUT2D eigenvalue weighted by atomic mass is 16.5. The Balaban J connectivity index is 3.14. The van der Waals surface area contributed by atoms with Crippen molar-refractivity contribution in [1.29, 1.82) is 0 Å². The van der Waals surface area contributed by atoms with E-state index in [1.54, 1.807) is 0 Å². The molecule has 0 aliphatic carbocycles. The Morgan fingerprint density at radius 3 is 2.50 bits per heavy atom. The SMILES string of the molecule is CCCCOCC(C)CN(C)C. The lowest BCUT2D eigenvalue weighted by Crippen LogP contribution is -2.23. The molecule has 0 saturated heterocycles. The molecule has 0 amide bonds. The molecular weight excluding hydrogens is 150 g/mol. The number of rotatable bonds is 7. The summed E-state index contributed by atoms with van der Waals surface area (Å²) < 4.78 is 5.51. The molecule has 0 bridgehead atoms. The van der Waals surface area contributed by atoms with E-state index in [-0.39, 0.29) is 0 Å². The third kappa shape index (κ3) is 8.02. The van der Waals surface area contributed by atoms with Crippen LogP contribution in [0.1, 0.15) is 26.7 Å². The third-order valence-electron chi connectivity index (χ3n) is 1.72. The van der Waals surface area contributed by atoms with Gasteiger partial charge in [0, 0.05) is 13.2 Å². The molecule has 2 heteroatoms. The summed E-state index contributed by atoms with van der Waals surface area (Å²) >= 11 is 0. The maximum Gasteiger partial charge on any atom is 0.0503 e. The molecule has 0 aromatic carbocycles. The van der Waals surface area contributed by atoms with Crippen LogP contribution in [-0.2, 0) is 4.74 Å². The molecule has 0 aliphatic rings. The summed E-state index contributed by atoms with van der Waals surface area (Å²) in [5.41, 5.74) is 0. The number of hydrogen-bond donors (Lipinski definition) is 0. The van der Waals surface area contributed by atoms with E-state index >= 15 is 0 Å². The number of hydrogen-bond acceptors (Lipinski definition) is 2. The van der Waals surface area contributed by atoms with E-state index in [0.29, 0.717) is 5.92 Å². The highest BCUT2D eigenvalue weighted by molar-refractivity contribution is 4.54. The molecule has 2 nitrogen and oxygen atoms in total. The molecule has 12 heavy (non-hydrogen) atoms. The van der Waals surface area contributed by atoms with E-state index < -0.39 is 0 Å². The molecule has 0 spiro atoms. The number of nitrogens with zero attached hydrogens (tertiary/aromatic N) is 1. The zero-order chi connectivity index (χ0) is 9.40. The van der Waals surface area contributed by atoms with Crippen molar-refractivity contribution < 1.29 is 4.74 Å². The second-order valence-electron chi connectivity index (χ2n) is 3.80. The van der Waals surface area contributed by atoms with E-state index in [1.807, 2.05) is 0 Å². The maximum atomic E-state index is 5.51. The molecule has 0 rings (SSSR count). The smallest absolute Gasteiger partial charge is 0.0503 e. The van der Waals surface area contributed by atoms with Crippen LogP contribution in [0.4, 0.5) is 0 Å². The van der Waals surface area contributed by atoms with Gasteiger partial charge in [0.05, 0.1) is 6.61 Å². The summed E-state index contributed by atoms with van der Waals surface area (Å²) in [5, 5.41) is 0. The quantitative estimate of drug-likeness (QED) is 0.546. The molecule has 0 aliphatic heterocycles. The normalized spacial score (nSPS) is 13.8. The van der Waals surface area contributed by atoms with E-state index in [1.165, 1.54) is 12.8 Å². The Bertz CT molecular complexity index is 93.8. The van der Waals surface area contributed by atoms with Crippen molar-refractivity contribution in [2.24, 2.45) is 5.92 Å². The molecule has 0 aromatic heterocycles. The molecule has 1 unspecified atom stereocenters. The third-order valence-corrected chi connectivity index (χ3v) is 1.72. The minimum atomic E-state index is 0.650. The second kappa shape index (κ2) is 7.56. The summed E-state index contributed by atoms with van der Waals surface area (Å²) in [4.78, 5) is 2.20. The average molecular weight is 173 g/mol. The van der Waals surface area contributed by atoms with Crippen LogP contribution >= 0.6 is 0 Å². The van der Waals surface area contributed by atoms with Gasteiger partial charge in [-0.25, -0.2) is 0 Å². The minimum absolute atomic E-state index is 0.650. The summed E-state index contributed by atoms with van der Waals surface area (Å²) in [6.07, 6.45) is 2.41. The van der Waals surface area contributed by atoms with Crippen molar-refractivity contribution in [3.05, 3.63) is 0 Å². The van der Waals surface area contributed by atoms with Crippen molar-refractivity contribution in [3.8, 4) is 0 Å². The molecule has 1 atom stereocenters. The largest absolute Gasteiger partial charge is 0.381 e. The summed E-state index contributed by atoms with van der Waals surface area (Å²) in [5.74, 6) is 0.650. The van der Waals surface area contributed by atoms with Crippen molar-refractivity contribution >= 4 is 0 Å². The fraction of sp³-hybridized carbons (Fsp3) is 1.00. The van der Waals surface area contributed by atoms with Gasteiger partial charge in [-0.2, -0.15) is 0 Å². The van der Waals surface area contributed by atoms with Crippen LogP contribution in [0.2, 0.25) is 0 Å². The first-order valence-electron chi connectivity index (χ1n) is 4.89. The first kappa shape index (κ1) is 11.9. The fourth-order valence-corrected chi connectivity index (χ4v) is 1.21. The van der Waals surface area contributed by atoms with Crippen molar-refractivity contribution in [2.75, 3.05) is 33.9 Å². The van der Waals surface area contributed by atoms with Crippen LogP contribution in [0.5, 0.6) is 0 Å². The van der Waals surface area contributed by atoms with Crippen LogP contribution in [0.3, 0.4) is 0 Å². The van der Waals surface area contributed by atoms with Gasteiger partial charge in [0.15, 0.2) is 0 Å². The Hall–Kier alpha value is -0.0800. The molecule has 0 saturated carbocycles. The van der Waals surface area contributed by atoms with Gasteiger partial charge in [-0.05, 0) is 26.4 Å². The van der Waals surface area contributed by atoms with Crippen molar-refractivity contribution in [1.82, 2.24) is 4.90 Å². The summed E-state index contributed by atoms with van der Waals surface area (Å²) in [6, 6.07) is 0. The first-order chi connectivity index (χ1) is 5.66. The van der Waals surface area contributed by atoms with Gasteiger partial charge in [0.2, 0.25) is 0 Å². The number of unbranched alkanes of at least 4 members (excludes halogenated alkanes) is 1. The predicted octanol–water partition coefficient (Wildman–Crippen LogP) is 2.00. The zero-order valence-electron chi connectivity index (χ0n) is 8.97. The first-order valence-corrected chi connectivity index (χ1v) is 4.89. The van der Waals surface area contributed by atoms with E-state index in [2.05, 4.69) is 32.8 Å². The Kier molecular flexibility index (Phi) is 7.51. The van der Waals surface area contributed by atoms with Gasteiger partial charge in [0.25, 0.3) is 0 Å². The molecule has 0 fully saturated rings. The van der Waals surface area contributed by atoms with Crippen LogP contribution in [0.15, 0.2) is 0 Å². The van der Waals surface area contributed by atoms with Crippen LogP contribution in [-0.4, -0.2) is 38.8 Å². The highest BCUT2D eigenvalue weighted by Gasteiger charge is 2.02. The highest BCUT2D eigenvalue weighted by Crippen LogP contribution is 1.98. The standard InChI is InChI=1S/C10H23NO/c1-5-6-7-12-9-10(2)8-11(3)4/h10H,5-9H2,1-4H3. The van der Waals surface area contributed by atoms with E-state index in [0.717, 1.165) is 19.8 Å². The van der Waals surface area contributed by atoms with Gasteiger partial charge < -0.3 is 9.64 Å². The van der Waals surface area contributed by atoms with Crippen molar-refractivity contribution in [3.63, 3.8) is 0 Å². The number of ether oxygens (including phenoxy) is 1. The van der Waals surface area contributed by atoms with Gasteiger partial charge >= 0.3 is 0 Å². The van der Waals surface area contributed by atoms with Crippen LogP contribution in [0, 0.1) is 5.92 Å². The summed E-state index contributed by atoms with van der Waals surface area (Å²) in [7, 11) is 4.20. The Morgan fingerprint density at radius 1 is 1.33 bits per heavy atom. The van der Waals surface area contributed by atoms with E-state index in [9.17, 15) is 0 Å². The molecule has 0 N–H and O–H groups in total. The van der Waals surface area contributed by atoms with Crippen LogP contribution < -0.4 is 0 Å². The molecule has 0 heterocycles. The molecule has 74 valence electrons. The molecule has 0 aromatic rings. The second-order valence-corrected chi connectivity index (χ2v) is 3.80. The maximum absolute atomic E-state index is 5.51. The van der Waals surface area contributed by atoms with Gasteiger partial charge in [-0.1, -0.05) is 20.3 Å². The Labute approximate surface area is 76.9 Å². The zero-order valence-corrected chi connectivity index (χ0v) is 8.97. The lowest BCUT2D eigenvalue weighted by atomic mass is 10.2. The lowest BCUT2D eigenvalue weighted by Gasteiger charge is -2.16. The average Bonchev–Trinajstić information content (AvgIpc) is 1.97. The lowest BCUT2D eigenvalue weighted by molar-refractivity contribution is 0.0928. The molecular formula is C10H23NO. The van der Waals surface area contributed by atoms with Crippen LogP contribution in [0.25, 0.3) is 0 Å². The van der Waals surface area contributed by atoms with Crippen molar-refractivity contribution in [2.45, 2.75) is 26.7 Å². The van der Waals surface area contributed by atoms with Gasteiger partial charge in [-0.15, -0.1) is 0 Å². The fourth-order valence-electron chi connectivity index (χ4n) is 1.21. The monoisotopic (exact) mass is 173 g/mol. The Morgan fingerprint density at radius 2 is 2.00 bits per heavy atom. The van der Waals surface area contributed by atoms with Gasteiger partial charge in [-0.3, -0.25) is 0 Å². The van der Waals surface area contributed by atoms with Gasteiger partial charge in [0.1, 0.15) is 0 Å². The predicted molar refractivity (Wildman–Crippen MR) is 53.4 cm³/mol. The summed E-state index contributed by atoms with van der Waals surface area (Å²) in [6.45, 7) is 7.36. The molecule has 0 radical (unpaired) electrons. The topological polar surface area (TPSA) is 12.5 Å². The minimum Gasteiger partial charge on any atom is -0.381 e.